The number of rotatable bonds is 5. The lowest BCUT2D eigenvalue weighted by molar-refractivity contribution is -0.385. The molecule has 2 aromatic carbocycles. The van der Waals surface area contributed by atoms with Gasteiger partial charge in [-0.2, -0.15) is 0 Å². The van der Waals surface area contributed by atoms with E-state index in [1.54, 1.807) is 43.3 Å². The SMILES string of the molecule is Cc1c(NC(=O)/C=C/c2ccc(-c3cccc(Cl)c3Cl)o2)cccc1[N+](=O)[O-]. The Morgan fingerprint density at radius 1 is 1.14 bits per heavy atom. The van der Waals surface area contributed by atoms with Crippen molar-refractivity contribution in [3.8, 4) is 11.3 Å². The number of amides is 1. The predicted octanol–water partition coefficient (Wildman–Crippen LogP) is 6.12. The van der Waals surface area contributed by atoms with E-state index in [1.807, 2.05) is 0 Å². The zero-order valence-corrected chi connectivity index (χ0v) is 16.1. The van der Waals surface area contributed by atoms with E-state index >= 15 is 0 Å². The average molecular weight is 417 g/mol. The topological polar surface area (TPSA) is 85.4 Å². The van der Waals surface area contributed by atoms with Crippen molar-refractivity contribution < 1.29 is 14.1 Å². The third kappa shape index (κ3) is 4.24. The highest BCUT2D eigenvalue weighted by molar-refractivity contribution is 6.43. The summed E-state index contributed by atoms with van der Waals surface area (Å²) < 4.78 is 5.68. The van der Waals surface area contributed by atoms with Crippen LogP contribution < -0.4 is 5.32 Å². The molecule has 142 valence electrons. The number of halogens is 2. The van der Waals surface area contributed by atoms with Gasteiger partial charge in [0.15, 0.2) is 0 Å². The lowest BCUT2D eigenvalue weighted by Gasteiger charge is -2.06. The normalized spacial score (nSPS) is 11.0. The van der Waals surface area contributed by atoms with Crippen molar-refractivity contribution in [3.63, 3.8) is 0 Å². The first-order valence-electron chi connectivity index (χ1n) is 8.14. The van der Waals surface area contributed by atoms with Crippen LogP contribution in [0.2, 0.25) is 10.0 Å². The summed E-state index contributed by atoms with van der Waals surface area (Å²) in [5.74, 6) is 0.515. The van der Waals surface area contributed by atoms with Crippen LogP contribution in [0, 0.1) is 17.0 Å². The zero-order chi connectivity index (χ0) is 20.3. The Hall–Kier alpha value is -3.09. The number of nitro benzene ring substituents is 1. The molecule has 0 saturated carbocycles. The first kappa shape index (κ1) is 19.7. The summed E-state index contributed by atoms with van der Waals surface area (Å²) >= 11 is 12.2. The molecule has 0 unspecified atom stereocenters. The van der Waals surface area contributed by atoms with Crippen molar-refractivity contribution in [1.29, 1.82) is 0 Å². The summed E-state index contributed by atoms with van der Waals surface area (Å²) in [5, 5.41) is 14.4. The molecule has 0 aliphatic carbocycles. The number of nitro groups is 1. The molecule has 0 bridgehead atoms. The molecule has 1 heterocycles. The molecule has 1 amide bonds. The second kappa shape index (κ2) is 8.29. The van der Waals surface area contributed by atoms with Gasteiger partial charge in [0.05, 0.1) is 26.2 Å². The van der Waals surface area contributed by atoms with Crippen molar-refractivity contribution in [2.24, 2.45) is 0 Å². The van der Waals surface area contributed by atoms with Crippen LogP contribution in [-0.2, 0) is 4.79 Å². The minimum absolute atomic E-state index is 0.0594. The summed E-state index contributed by atoms with van der Waals surface area (Å²) in [6.45, 7) is 1.57. The van der Waals surface area contributed by atoms with E-state index in [0.717, 1.165) is 0 Å². The van der Waals surface area contributed by atoms with Gasteiger partial charge in [-0.1, -0.05) is 35.3 Å². The number of nitrogens with zero attached hydrogens (tertiary/aromatic N) is 1. The fraction of sp³-hybridized carbons (Fsp3) is 0.0500. The number of furan rings is 1. The molecule has 0 aliphatic heterocycles. The highest BCUT2D eigenvalue weighted by Gasteiger charge is 2.14. The third-order valence-electron chi connectivity index (χ3n) is 4.00. The molecule has 0 fully saturated rings. The molecule has 0 atom stereocenters. The maximum absolute atomic E-state index is 12.1. The van der Waals surface area contributed by atoms with Crippen LogP contribution in [-0.4, -0.2) is 10.8 Å². The van der Waals surface area contributed by atoms with E-state index in [4.69, 9.17) is 27.6 Å². The molecule has 6 nitrogen and oxygen atoms in total. The minimum atomic E-state index is -0.494. The van der Waals surface area contributed by atoms with E-state index in [9.17, 15) is 14.9 Å². The molecule has 3 rings (SSSR count). The largest absolute Gasteiger partial charge is 0.457 e. The van der Waals surface area contributed by atoms with Crippen LogP contribution in [0.5, 0.6) is 0 Å². The average Bonchev–Trinajstić information content (AvgIpc) is 3.12. The Morgan fingerprint density at radius 2 is 1.89 bits per heavy atom. The van der Waals surface area contributed by atoms with Gasteiger partial charge in [0.25, 0.3) is 5.69 Å². The fourth-order valence-corrected chi connectivity index (χ4v) is 2.96. The molecule has 3 aromatic rings. The molecule has 0 saturated heterocycles. The Bertz CT molecular complexity index is 1090. The first-order chi connectivity index (χ1) is 13.4. The lowest BCUT2D eigenvalue weighted by atomic mass is 10.1. The van der Waals surface area contributed by atoms with Crippen molar-refractivity contribution in [3.05, 3.63) is 86.1 Å². The van der Waals surface area contributed by atoms with Gasteiger partial charge in [0, 0.05) is 17.7 Å². The molecule has 28 heavy (non-hydrogen) atoms. The fourth-order valence-electron chi connectivity index (χ4n) is 2.57. The molecule has 0 aliphatic rings. The minimum Gasteiger partial charge on any atom is -0.457 e. The monoisotopic (exact) mass is 416 g/mol. The van der Waals surface area contributed by atoms with Gasteiger partial charge in [-0.3, -0.25) is 14.9 Å². The standard InChI is InChI=1S/C20H14Cl2N2O4/c1-12-16(6-3-7-17(12)24(26)27)23-19(25)11-9-13-8-10-18(28-13)14-4-2-5-15(21)20(14)22/h2-11H,1H3,(H,23,25)/b11-9+. The molecular formula is C20H14Cl2N2O4. The number of hydrogen-bond acceptors (Lipinski definition) is 4. The van der Waals surface area contributed by atoms with E-state index in [-0.39, 0.29) is 5.69 Å². The smallest absolute Gasteiger partial charge is 0.274 e. The first-order valence-corrected chi connectivity index (χ1v) is 8.89. The second-order valence-corrected chi connectivity index (χ2v) is 6.62. The highest BCUT2D eigenvalue weighted by atomic mass is 35.5. The van der Waals surface area contributed by atoms with Crippen molar-refractivity contribution in [2.45, 2.75) is 6.92 Å². The molecule has 0 spiro atoms. The van der Waals surface area contributed by atoms with Gasteiger partial charge in [-0.15, -0.1) is 0 Å². The Kier molecular flexibility index (Phi) is 5.82. The number of carbonyl (C=O) groups is 1. The van der Waals surface area contributed by atoms with E-state index in [1.165, 1.54) is 24.3 Å². The van der Waals surface area contributed by atoms with Crippen LogP contribution in [0.25, 0.3) is 17.4 Å². The maximum Gasteiger partial charge on any atom is 0.274 e. The summed E-state index contributed by atoms with van der Waals surface area (Å²) in [6, 6.07) is 13.1. The Labute approximate surface area is 170 Å². The lowest BCUT2D eigenvalue weighted by Crippen LogP contribution is -2.09. The number of anilines is 1. The highest BCUT2D eigenvalue weighted by Crippen LogP contribution is 2.34. The maximum atomic E-state index is 12.1. The van der Waals surface area contributed by atoms with E-state index < -0.39 is 10.8 Å². The third-order valence-corrected chi connectivity index (χ3v) is 4.82. The van der Waals surface area contributed by atoms with Gasteiger partial charge >= 0.3 is 0 Å². The van der Waals surface area contributed by atoms with E-state index in [2.05, 4.69) is 5.32 Å². The van der Waals surface area contributed by atoms with Crippen LogP contribution in [0.4, 0.5) is 11.4 Å². The number of hydrogen-bond donors (Lipinski definition) is 1. The second-order valence-electron chi connectivity index (χ2n) is 5.83. The van der Waals surface area contributed by atoms with Gasteiger partial charge in [0.1, 0.15) is 11.5 Å². The summed E-state index contributed by atoms with van der Waals surface area (Å²) in [7, 11) is 0. The molecule has 1 N–H and O–H groups in total. The van der Waals surface area contributed by atoms with Crippen LogP contribution in [0.3, 0.4) is 0 Å². The molecule has 1 aromatic heterocycles. The van der Waals surface area contributed by atoms with Crippen molar-refractivity contribution in [2.75, 3.05) is 5.32 Å². The Balaban J connectivity index is 1.74. The molecule has 0 radical (unpaired) electrons. The van der Waals surface area contributed by atoms with Gasteiger partial charge in [-0.05, 0) is 43.3 Å². The Morgan fingerprint density at radius 3 is 2.64 bits per heavy atom. The van der Waals surface area contributed by atoms with Gasteiger partial charge in [-0.25, -0.2) is 0 Å². The molecule has 8 heteroatoms. The van der Waals surface area contributed by atoms with Crippen LogP contribution in [0.1, 0.15) is 11.3 Å². The van der Waals surface area contributed by atoms with Crippen molar-refractivity contribution in [1.82, 2.24) is 0 Å². The summed E-state index contributed by atoms with van der Waals surface area (Å²) in [5.41, 5.74) is 1.33. The van der Waals surface area contributed by atoms with E-state index in [0.29, 0.717) is 38.4 Å². The number of nitrogens with one attached hydrogen (secondary N) is 1. The number of carbonyl (C=O) groups excluding carboxylic acids is 1. The predicted molar refractivity (Wildman–Crippen MR) is 110 cm³/mol. The molecular weight excluding hydrogens is 403 g/mol. The zero-order valence-electron chi connectivity index (χ0n) is 14.6. The van der Waals surface area contributed by atoms with Crippen LogP contribution in [0.15, 0.2) is 59.0 Å². The number of benzene rings is 2. The quantitative estimate of drug-likeness (QED) is 0.308. The summed E-state index contributed by atoms with van der Waals surface area (Å²) in [4.78, 5) is 22.6. The van der Waals surface area contributed by atoms with Gasteiger partial charge < -0.3 is 9.73 Å². The van der Waals surface area contributed by atoms with Gasteiger partial charge in [0.2, 0.25) is 5.91 Å². The summed E-state index contributed by atoms with van der Waals surface area (Å²) in [6.07, 6.45) is 2.77. The van der Waals surface area contributed by atoms with Crippen LogP contribution >= 0.6 is 23.2 Å². The van der Waals surface area contributed by atoms with Crippen molar-refractivity contribution >= 4 is 46.6 Å².